The molecule has 0 spiro atoms. The number of rotatable bonds is 5. The Labute approximate surface area is 104 Å². The van der Waals surface area contributed by atoms with Crippen LogP contribution in [0.3, 0.4) is 0 Å². The van der Waals surface area contributed by atoms with Gasteiger partial charge in [-0.15, -0.1) is 0 Å². The summed E-state index contributed by atoms with van der Waals surface area (Å²) in [6.45, 7) is 4.52. The highest BCUT2D eigenvalue weighted by atomic mass is 16.5. The molecule has 0 atom stereocenters. The first-order chi connectivity index (χ1) is 8.56. The molecule has 2 rings (SSSR count). The molecule has 2 N–H and O–H groups in total. The fourth-order valence-electron chi connectivity index (χ4n) is 1.66. The minimum Gasteiger partial charge on any atom is -0.475 e. The second-order valence-corrected chi connectivity index (χ2v) is 4.06. The van der Waals surface area contributed by atoms with Gasteiger partial charge in [-0.05, 0) is 19.9 Å². The third-order valence-electron chi connectivity index (χ3n) is 2.45. The molecule has 0 aliphatic heterocycles. The highest BCUT2D eigenvalue weighted by Crippen LogP contribution is 2.14. The Morgan fingerprint density at radius 1 is 1.39 bits per heavy atom. The highest BCUT2D eigenvalue weighted by Gasteiger charge is 2.13. The summed E-state index contributed by atoms with van der Waals surface area (Å²) in [6.07, 6.45) is 0. The summed E-state index contributed by atoms with van der Waals surface area (Å²) in [4.78, 5) is 10.8. The first-order valence-corrected chi connectivity index (χ1v) is 5.52. The minimum atomic E-state index is -1.05. The molecule has 0 aliphatic rings. The van der Waals surface area contributed by atoms with Crippen molar-refractivity contribution in [3.8, 4) is 0 Å². The number of nitrogens with zero attached hydrogens (tertiary/aromatic N) is 1. The van der Waals surface area contributed by atoms with Crippen LogP contribution < -0.4 is 5.32 Å². The molecule has 0 amide bonds. The van der Waals surface area contributed by atoms with E-state index in [0.29, 0.717) is 24.4 Å². The summed E-state index contributed by atoms with van der Waals surface area (Å²) >= 11 is 0. The molecule has 2 aromatic heterocycles. The smallest absolute Gasteiger partial charge is 0.372 e. The van der Waals surface area contributed by atoms with Crippen molar-refractivity contribution >= 4 is 5.97 Å². The van der Waals surface area contributed by atoms with E-state index in [2.05, 4.69) is 10.5 Å². The molecule has 0 fully saturated rings. The maximum Gasteiger partial charge on any atom is 0.372 e. The molecule has 2 aromatic rings. The Kier molecular flexibility index (Phi) is 3.47. The predicted molar refractivity (Wildman–Crippen MR) is 62.2 cm³/mol. The van der Waals surface area contributed by atoms with E-state index in [-0.39, 0.29) is 5.76 Å². The molecule has 0 aliphatic carbocycles. The maximum absolute atomic E-state index is 10.8. The van der Waals surface area contributed by atoms with Crippen molar-refractivity contribution < 1.29 is 18.8 Å². The molecule has 6 nitrogen and oxygen atoms in total. The number of carbonyl (C=O) groups is 1. The molecule has 2 heterocycles. The number of carboxylic acids is 1. The van der Waals surface area contributed by atoms with Crippen molar-refractivity contribution in [1.82, 2.24) is 10.5 Å². The second kappa shape index (κ2) is 5.05. The van der Waals surface area contributed by atoms with Crippen LogP contribution in [-0.2, 0) is 13.1 Å². The zero-order valence-electron chi connectivity index (χ0n) is 10.2. The van der Waals surface area contributed by atoms with Gasteiger partial charge in [0.25, 0.3) is 0 Å². The Bertz CT molecular complexity index is 556. The number of nitrogens with one attached hydrogen (secondary N) is 1. The number of aromatic nitrogens is 1. The largest absolute Gasteiger partial charge is 0.475 e. The molecule has 6 heteroatoms. The van der Waals surface area contributed by atoms with Crippen LogP contribution in [0.5, 0.6) is 0 Å². The summed E-state index contributed by atoms with van der Waals surface area (Å²) in [5, 5.41) is 15.8. The molecule has 18 heavy (non-hydrogen) atoms. The van der Waals surface area contributed by atoms with Crippen molar-refractivity contribution in [2.24, 2.45) is 0 Å². The molecular formula is C12H14N2O4. The fourth-order valence-corrected chi connectivity index (χ4v) is 1.66. The van der Waals surface area contributed by atoms with Crippen molar-refractivity contribution in [3.05, 3.63) is 40.7 Å². The number of furan rings is 1. The van der Waals surface area contributed by atoms with E-state index in [9.17, 15) is 4.79 Å². The van der Waals surface area contributed by atoms with Crippen molar-refractivity contribution in [3.63, 3.8) is 0 Å². The van der Waals surface area contributed by atoms with Gasteiger partial charge in [-0.1, -0.05) is 5.16 Å². The molecule has 0 saturated carbocycles. The lowest BCUT2D eigenvalue weighted by Crippen LogP contribution is -2.12. The molecule has 0 radical (unpaired) electrons. The van der Waals surface area contributed by atoms with E-state index < -0.39 is 5.97 Å². The van der Waals surface area contributed by atoms with Gasteiger partial charge < -0.3 is 19.4 Å². The van der Waals surface area contributed by atoms with Crippen molar-refractivity contribution in [1.29, 1.82) is 0 Å². The number of hydrogen-bond donors (Lipinski definition) is 2. The standard InChI is InChI=1S/C12H14N2O4/c1-7-3-10(17-11(7)12(15)16)6-13-5-9-4-8(2)18-14-9/h3-4,13H,5-6H2,1-2H3,(H,15,16). The first kappa shape index (κ1) is 12.4. The van der Waals surface area contributed by atoms with E-state index in [1.807, 2.05) is 13.0 Å². The van der Waals surface area contributed by atoms with E-state index in [1.54, 1.807) is 13.0 Å². The van der Waals surface area contributed by atoms with Crippen molar-refractivity contribution in [2.75, 3.05) is 0 Å². The summed E-state index contributed by atoms with van der Waals surface area (Å²) < 4.78 is 10.1. The fraction of sp³-hybridized carbons (Fsp3) is 0.333. The van der Waals surface area contributed by atoms with Crippen LogP contribution in [0.4, 0.5) is 0 Å². The van der Waals surface area contributed by atoms with E-state index >= 15 is 0 Å². The summed E-state index contributed by atoms with van der Waals surface area (Å²) in [7, 11) is 0. The van der Waals surface area contributed by atoms with Gasteiger partial charge in [0.15, 0.2) is 0 Å². The van der Waals surface area contributed by atoms with Gasteiger partial charge in [0, 0.05) is 18.2 Å². The van der Waals surface area contributed by atoms with Gasteiger partial charge in [-0.25, -0.2) is 4.79 Å². The monoisotopic (exact) mass is 250 g/mol. The second-order valence-electron chi connectivity index (χ2n) is 4.06. The Balaban J connectivity index is 1.90. The van der Waals surface area contributed by atoms with Crippen LogP contribution in [0.1, 0.15) is 33.3 Å². The SMILES string of the molecule is Cc1cc(CNCc2cc(C)c(C(=O)O)o2)no1. The lowest BCUT2D eigenvalue weighted by Gasteiger charge is -1.98. The van der Waals surface area contributed by atoms with Crippen LogP contribution in [0.25, 0.3) is 0 Å². The van der Waals surface area contributed by atoms with Crippen LogP contribution in [0, 0.1) is 13.8 Å². The number of aryl methyl sites for hydroxylation is 2. The van der Waals surface area contributed by atoms with E-state index in [0.717, 1.165) is 11.5 Å². The Morgan fingerprint density at radius 2 is 2.17 bits per heavy atom. The number of hydrogen-bond acceptors (Lipinski definition) is 5. The summed E-state index contributed by atoms with van der Waals surface area (Å²) in [6, 6.07) is 3.55. The Hall–Kier alpha value is -2.08. The minimum absolute atomic E-state index is 0.0101. The third-order valence-corrected chi connectivity index (χ3v) is 2.45. The zero-order chi connectivity index (χ0) is 13.1. The summed E-state index contributed by atoms with van der Waals surface area (Å²) in [5.41, 5.74) is 1.42. The first-order valence-electron chi connectivity index (χ1n) is 5.52. The van der Waals surface area contributed by atoms with Crippen LogP contribution in [0.15, 0.2) is 21.1 Å². The van der Waals surface area contributed by atoms with Gasteiger partial charge in [0.1, 0.15) is 11.5 Å². The molecule has 0 bridgehead atoms. The van der Waals surface area contributed by atoms with Gasteiger partial charge in [-0.2, -0.15) is 0 Å². The van der Waals surface area contributed by atoms with Gasteiger partial charge in [0.2, 0.25) is 5.76 Å². The summed E-state index contributed by atoms with van der Waals surface area (Å²) in [5.74, 6) is 0.286. The van der Waals surface area contributed by atoms with E-state index in [1.165, 1.54) is 0 Å². The predicted octanol–water partition coefficient (Wildman–Crippen LogP) is 1.87. The molecule has 96 valence electrons. The number of aromatic carboxylic acids is 1. The van der Waals surface area contributed by atoms with Crippen molar-refractivity contribution in [2.45, 2.75) is 26.9 Å². The van der Waals surface area contributed by atoms with Gasteiger partial charge in [0.05, 0.1) is 12.2 Å². The normalized spacial score (nSPS) is 10.8. The molecular weight excluding hydrogens is 236 g/mol. The number of carboxylic acid groups (broad SMARTS) is 1. The zero-order valence-corrected chi connectivity index (χ0v) is 10.2. The Morgan fingerprint density at radius 3 is 2.72 bits per heavy atom. The van der Waals surface area contributed by atoms with Gasteiger partial charge in [-0.3, -0.25) is 0 Å². The molecule has 0 saturated heterocycles. The molecule has 0 unspecified atom stereocenters. The van der Waals surface area contributed by atoms with E-state index in [4.69, 9.17) is 14.0 Å². The average Bonchev–Trinajstić information content (AvgIpc) is 2.85. The quantitative estimate of drug-likeness (QED) is 0.842. The van der Waals surface area contributed by atoms with Crippen LogP contribution in [-0.4, -0.2) is 16.2 Å². The van der Waals surface area contributed by atoms with Crippen LogP contribution in [0.2, 0.25) is 0 Å². The topological polar surface area (TPSA) is 88.5 Å². The van der Waals surface area contributed by atoms with Crippen LogP contribution >= 0.6 is 0 Å². The lowest BCUT2D eigenvalue weighted by molar-refractivity contribution is 0.0659. The van der Waals surface area contributed by atoms with Gasteiger partial charge >= 0.3 is 5.97 Å². The third kappa shape index (κ3) is 2.78. The average molecular weight is 250 g/mol. The molecule has 0 aromatic carbocycles. The lowest BCUT2D eigenvalue weighted by atomic mass is 10.2. The highest BCUT2D eigenvalue weighted by molar-refractivity contribution is 5.86. The maximum atomic E-state index is 10.8.